The average molecular weight is 428 g/mol. The summed E-state index contributed by atoms with van der Waals surface area (Å²) in [6, 6.07) is 4.19. The normalized spacial score (nSPS) is 14.6. The van der Waals surface area contributed by atoms with Crippen LogP contribution in [0, 0.1) is 5.82 Å². The number of fused-ring (bicyclic) bond motifs is 1. The molecule has 0 atom stereocenters. The Bertz CT molecular complexity index is 1120. The zero-order valence-electron chi connectivity index (χ0n) is 16.8. The largest absolute Gasteiger partial charge is 0.505 e. The van der Waals surface area contributed by atoms with Crippen molar-refractivity contribution >= 4 is 28.8 Å². The summed E-state index contributed by atoms with van der Waals surface area (Å²) in [6.45, 7) is 3.15. The average Bonchev–Trinajstić information content (AvgIpc) is 3.25. The zero-order chi connectivity index (χ0) is 22.0. The Labute approximate surface area is 176 Å². The summed E-state index contributed by atoms with van der Waals surface area (Å²) < 4.78 is 24.0. The van der Waals surface area contributed by atoms with Crippen molar-refractivity contribution in [3.8, 4) is 5.75 Å². The molecule has 2 N–H and O–H groups in total. The van der Waals surface area contributed by atoms with Gasteiger partial charge in [-0.3, -0.25) is 9.78 Å². The lowest BCUT2D eigenvalue weighted by atomic mass is 10.0. The van der Waals surface area contributed by atoms with Crippen molar-refractivity contribution in [1.29, 1.82) is 0 Å². The summed E-state index contributed by atoms with van der Waals surface area (Å²) in [6.07, 6.45) is 4.06. The topological polar surface area (TPSA) is 118 Å². The number of amides is 1. The van der Waals surface area contributed by atoms with Gasteiger partial charge in [0.25, 0.3) is 11.9 Å². The Hall–Kier alpha value is -3.69. The fraction of sp³-hybridized carbons (Fsp3) is 0.333. The third-order valence-electron chi connectivity index (χ3n) is 5.08. The van der Waals surface area contributed by atoms with Gasteiger partial charge in [0.05, 0.1) is 23.9 Å². The van der Waals surface area contributed by atoms with E-state index in [-0.39, 0.29) is 24.3 Å². The van der Waals surface area contributed by atoms with E-state index in [0.29, 0.717) is 48.4 Å². The number of nitrogens with zero attached hydrogens (tertiary/aromatic N) is 3. The minimum atomic E-state index is -0.767. The molecule has 0 radical (unpaired) electrons. The summed E-state index contributed by atoms with van der Waals surface area (Å²) in [5.74, 6) is -2.05. The molecule has 162 valence electrons. The second-order valence-corrected chi connectivity index (χ2v) is 7.18. The van der Waals surface area contributed by atoms with E-state index in [1.54, 1.807) is 13.0 Å². The first-order valence-electron chi connectivity index (χ1n) is 9.91. The van der Waals surface area contributed by atoms with Crippen LogP contribution in [0.2, 0.25) is 0 Å². The lowest BCUT2D eigenvalue weighted by molar-refractivity contribution is 0.0490. The van der Waals surface area contributed by atoms with E-state index in [0.717, 1.165) is 6.07 Å². The summed E-state index contributed by atoms with van der Waals surface area (Å²) in [5.41, 5.74) is 0.712. The van der Waals surface area contributed by atoms with Crippen LogP contribution in [0.3, 0.4) is 0 Å². The number of rotatable bonds is 5. The molecule has 0 aliphatic carbocycles. The van der Waals surface area contributed by atoms with Crippen molar-refractivity contribution in [2.24, 2.45) is 0 Å². The van der Waals surface area contributed by atoms with Crippen LogP contribution in [0.25, 0.3) is 10.9 Å². The highest BCUT2D eigenvalue weighted by Gasteiger charge is 2.25. The van der Waals surface area contributed by atoms with Crippen molar-refractivity contribution in [2.45, 2.75) is 25.8 Å². The molecule has 10 heteroatoms. The number of oxazole rings is 1. The number of piperidine rings is 1. The highest BCUT2D eigenvalue weighted by molar-refractivity contribution is 5.97. The Morgan fingerprint density at radius 2 is 2.03 bits per heavy atom. The number of hydrogen-bond acceptors (Lipinski definition) is 8. The fourth-order valence-corrected chi connectivity index (χ4v) is 3.45. The number of aromatic nitrogens is 2. The number of carbonyl (C=O) groups excluding carboxylic acids is 2. The number of hydrogen-bond donors (Lipinski definition) is 2. The maximum atomic E-state index is 13.6. The molecule has 2 aromatic heterocycles. The van der Waals surface area contributed by atoms with Gasteiger partial charge in [0, 0.05) is 36.8 Å². The maximum absolute atomic E-state index is 13.6. The number of phenols is 1. The van der Waals surface area contributed by atoms with Crippen LogP contribution in [0.5, 0.6) is 5.75 Å². The van der Waals surface area contributed by atoms with E-state index >= 15 is 0 Å². The van der Waals surface area contributed by atoms with Gasteiger partial charge in [-0.25, -0.2) is 14.2 Å². The van der Waals surface area contributed by atoms with Gasteiger partial charge < -0.3 is 24.5 Å². The van der Waals surface area contributed by atoms with Crippen molar-refractivity contribution in [1.82, 2.24) is 15.3 Å². The second kappa shape index (κ2) is 8.58. The van der Waals surface area contributed by atoms with Crippen LogP contribution >= 0.6 is 0 Å². The standard InChI is InChI=1S/C21H21FN4O5/c1-2-30-20(29)18-11-24-21(31-18)26-5-3-14(4-6-26)25-19(28)13-7-12-8-15(22)17(27)9-16(12)23-10-13/h7-11,14,27H,2-6H2,1H3,(H,25,28). The van der Waals surface area contributed by atoms with Crippen LogP contribution in [-0.2, 0) is 4.74 Å². The molecule has 4 rings (SSSR count). The third kappa shape index (κ3) is 4.42. The fourth-order valence-electron chi connectivity index (χ4n) is 3.45. The van der Waals surface area contributed by atoms with Gasteiger partial charge >= 0.3 is 5.97 Å². The van der Waals surface area contributed by atoms with Gasteiger partial charge in [-0.05, 0) is 31.9 Å². The lowest BCUT2D eigenvalue weighted by Crippen LogP contribution is -2.44. The van der Waals surface area contributed by atoms with Crippen molar-refractivity contribution in [3.63, 3.8) is 0 Å². The Morgan fingerprint density at radius 1 is 1.26 bits per heavy atom. The SMILES string of the molecule is CCOC(=O)c1cnc(N2CCC(NC(=O)c3cnc4cc(O)c(F)cc4c3)CC2)o1. The molecule has 3 heterocycles. The molecule has 1 aliphatic rings. The first-order valence-corrected chi connectivity index (χ1v) is 9.91. The number of aromatic hydroxyl groups is 1. The number of nitrogens with one attached hydrogen (secondary N) is 1. The zero-order valence-corrected chi connectivity index (χ0v) is 16.8. The number of carbonyl (C=O) groups is 2. The van der Waals surface area contributed by atoms with Gasteiger partial charge in [0.2, 0.25) is 5.76 Å². The molecule has 0 bridgehead atoms. The number of benzene rings is 1. The Balaban J connectivity index is 1.35. The maximum Gasteiger partial charge on any atom is 0.376 e. The number of phenolic OH excluding ortho intramolecular Hbond substituents is 1. The first-order chi connectivity index (χ1) is 14.9. The summed E-state index contributed by atoms with van der Waals surface area (Å²) in [4.78, 5) is 34.5. The van der Waals surface area contributed by atoms with Crippen LogP contribution < -0.4 is 10.2 Å². The van der Waals surface area contributed by atoms with E-state index in [4.69, 9.17) is 9.15 Å². The molecule has 0 unspecified atom stereocenters. The lowest BCUT2D eigenvalue weighted by Gasteiger charge is -2.31. The Morgan fingerprint density at radius 3 is 2.77 bits per heavy atom. The molecule has 1 fully saturated rings. The molecule has 1 aliphatic heterocycles. The van der Waals surface area contributed by atoms with Gasteiger partial charge in [0.1, 0.15) is 0 Å². The smallest absolute Gasteiger partial charge is 0.376 e. The molecular formula is C21H21FN4O5. The van der Waals surface area contributed by atoms with Gasteiger partial charge in [-0.15, -0.1) is 0 Å². The number of anilines is 1. The van der Waals surface area contributed by atoms with Crippen LogP contribution in [0.1, 0.15) is 40.7 Å². The van der Waals surface area contributed by atoms with E-state index in [1.807, 2.05) is 4.90 Å². The van der Waals surface area contributed by atoms with Crippen LogP contribution in [0.15, 0.2) is 35.0 Å². The van der Waals surface area contributed by atoms with Crippen molar-refractivity contribution in [3.05, 3.63) is 47.7 Å². The highest BCUT2D eigenvalue weighted by atomic mass is 19.1. The van der Waals surface area contributed by atoms with Crippen molar-refractivity contribution < 1.29 is 28.2 Å². The summed E-state index contributed by atoms with van der Waals surface area (Å²) in [7, 11) is 0. The van der Waals surface area contributed by atoms with E-state index < -0.39 is 17.5 Å². The molecule has 1 saturated heterocycles. The molecule has 3 aromatic rings. The van der Waals surface area contributed by atoms with E-state index in [9.17, 15) is 19.1 Å². The molecule has 31 heavy (non-hydrogen) atoms. The van der Waals surface area contributed by atoms with Crippen LogP contribution in [-0.4, -0.2) is 52.7 Å². The molecular weight excluding hydrogens is 407 g/mol. The second-order valence-electron chi connectivity index (χ2n) is 7.18. The van der Waals surface area contributed by atoms with Gasteiger partial charge in [-0.2, -0.15) is 0 Å². The molecule has 1 aromatic carbocycles. The number of esters is 1. The summed E-state index contributed by atoms with van der Waals surface area (Å²) in [5, 5.41) is 12.8. The minimum absolute atomic E-state index is 0.0563. The predicted octanol–water partition coefficient (Wildman–Crippen LogP) is 2.64. The van der Waals surface area contributed by atoms with Gasteiger partial charge in [0.15, 0.2) is 11.6 Å². The van der Waals surface area contributed by atoms with E-state index in [2.05, 4.69) is 15.3 Å². The highest BCUT2D eigenvalue weighted by Crippen LogP contribution is 2.24. The third-order valence-corrected chi connectivity index (χ3v) is 5.08. The predicted molar refractivity (Wildman–Crippen MR) is 109 cm³/mol. The first kappa shape index (κ1) is 20.6. The number of ether oxygens (including phenoxy) is 1. The van der Waals surface area contributed by atoms with Crippen molar-refractivity contribution in [2.75, 3.05) is 24.6 Å². The molecule has 0 spiro atoms. The molecule has 0 saturated carbocycles. The van der Waals surface area contributed by atoms with E-state index in [1.165, 1.54) is 18.5 Å². The number of pyridine rings is 1. The van der Waals surface area contributed by atoms with Gasteiger partial charge in [-0.1, -0.05) is 0 Å². The monoisotopic (exact) mass is 428 g/mol. The quantitative estimate of drug-likeness (QED) is 0.596. The molecule has 9 nitrogen and oxygen atoms in total. The Kier molecular flexibility index (Phi) is 5.70. The minimum Gasteiger partial charge on any atom is -0.505 e. The van der Waals surface area contributed by atoms with Crippen LogP contribution in [0.4, 0.5) is 10.4 Å². The summed E-state index contributed by atoms with van der Waals surface area (Å²) >= 11 is 0. The molecule has 1 amide bonds. The number of halogens is 1.